The number of benzene rings is 1. The maximum absolute atomic E-state index is 11.6. The second-order valence-corrected chi connectivity index (χ2v) is 3.41. The van der Waals surface area contributed by atoms with E-state index in [0.717, 1.165) is 5.39 Å². The van der Waals surface area contributed by atoms with E-state index in [1.165, 1.54) is 0 Å². The fourth-order valence-electron chi connectivity index (χ4n) is 1.43. The number of furan rings is 1. The SMILES string of the molecule is C=CCNC(=O)c1cc2cc(N)ccc2o1. The molecular formula is C12H12N2O2. The van der Waals surface area contributed by atoms with Crippen LogP contribution < -0.4 is 11.1 Å². The molecular weight excluding hydrogens is 204 g/mol. The molecule has 16 heavy (non-hydrogen) atoms. The number of fused-ring (bicyclic) bond motifs is 1. The summed E-state index contributed by atoms with van der Waals surface area (Å²) in [4.78, 5) is 11.6. The van der Waals surface area contributed by atoms with Crippen molar-refractivity contribution in [3.63, 3.8) is 0 Å². The summed E-state index contributed by atoms with van der Waals surface area (Å²) in [6, 6.07) is 6.92. The summed E-state index contributed by atoms with van der Waals surface area (Å²) in [5.41, 5.74) is 6.93. The number of carbonyl (C=O) groups excluding carboxylic acids is 1. The van der Waals surface area contributed by atoms with Gasteiger partial charge >= 0.3 is 0 Å². The van der Waals surface area contributed by atoms with Gasteiger partial charge in [0.2, 0.25) is 0 Å². The lowest BCUT2D eigenvalue weighted by Crippen LogP contribution is -2.22. The summed E-state index contributed by atoms with van der Waals surface area (Å²) in [5.74, 6) is 0.0251. The topological polar surface area (TPSA) is 68.3 Å². The third kappa shape index (κ3) is 1.91. The van der Waals surface area contributed by atoms with Gasteiger partial charge in [-0.1, -0.05) is 6.08 Å². The number of anilines is 1. The van der Waals surface area contributed by atoms with Crippen LogP contribution in [0.25, 0.3) is 11.0 Å². The molecule has 3 N–H and O–H groups in total. The second-order valence-electron chi connectivity index (χ2n) is 3.41. The smallest absolute Gasteiger partial charge is 0.287 e. The fourth-order valence-corrected chi connectivity index (χ4v) is 1.43. The Bertz CT molecular complexity index is 543. The number of rotatable bonds is 3. The summed E-state index contributed by atoms with van der Waals surface area (Å²) in [7, 11) is 0. The Morgan fingerprint density at radius 3 is 3.06 bits per heavy atom. The number of amides is 1. The highest BCUT2D eigenvalue weighted by Crippen LogP contribution is 2.21. The van der Waals surface area contributed by atoms with Gasteiger partial charge in [0.1, 0.15) is 5.58 Å². The Labute approximate surface area is 92.7 Å². The van der Waals surface area contributed by atoms with Crippen LogP contribution in [0.15, 0.2) is 41.3 Å². The number of carbonyl (C=O) groups is 1. The summed E-state index contributed by atoms with van der Waals surface area (Å²) in [6.07, 6.45) is 1.61. The molecule has 4 heteroatoms. The minimum Gasteiger partial charge on any atom is -0.451 e. The molecule has 0 atom stereocenters. The number of nitrogen functional groups attached to an aromatic ring is 1. The van der Waals surface area contributed by atoms with Crippen molar-refractivity contribution < 1.29 is 9.21 Å². The van der Waals surface area contributed by atoms with Crippen LogP contribution in [0.4, 0.5) is 5.69 Å². The molecule has 0 spiro atoms. The van der Waals surface area contributed by atoms with E-state index in [2.05, 4.69) is 11.9 Å². The van der Waals surface area contributed by atoms with Gasteiger partial charge in [0.25, 0.3) is 5.91 Å². The first-order chi connectivity index (χ1) is 7.70. The largest absolute Gasteiger partial charge is 0.451 e. The zero-order chi connectivity index (χ0) is 11.5. The summed E-state index contributed by atoms with van der Waals surface area (Å²) < 4.78 is 5.38. The molecule has 2 aromatic rings. The number of hydrogen-bond acceptors (Lipinski definition) is 3. The molecule has 0 aliphatic carbocycles. The Kier molecular flexibility index (Phi) is 2.64. The first-order valence-corrected chi connectivity index (χ1v) is 4.89. The molecule has 1 heterocycles. The molecule has 0 saturated heterocycles. The van der Waals surface area contributed by atoms with Gasteiger partial charge in [0, 0.05) is 17.6 Å². The first-order valence-electron chi connectivity index (χ1n) is 4.89. The van der Waals surface area contributed by atoms with Crippen molar-refractivity contribution >= 4 is 22.6 Å². The van der Waals surface area contributed by atoms with Gasteiger partial charge in [0.05, 0.1) is 0 Å². The van der Waals surface area contributed by atoms with Crippen LogP contribution >= 0.6 is 0 Å². The Hall–Kier alpha value is -2.23. The van der Waals surface area contributed by atoms with Crippen LogP contribution in [0.5, 0.6) is 0 Å². The van der Waals surface area contributed by atoms with Gasteiger partial charge < -0.3 is 15.5 Å². The van der Waals surface area contributed by atoms with Crippen molar-refractivity contribution in [2.45, 2.75) is 0 Å². The van der Waals surface area contributed by atoms with E-state index in [9.17, 15) is 4.79 Å². The van der Waals surface area contributed by atoms with Gasteiger partial charge in [-0.25, -0.2) is 0 Å². The van der Waals surface area contributed by atoms with Gasteiger partial charge in [0.15, 0.2) is 5.76 Å². The molecule has 0 fully saturated rings. The Balaban J connectivity index is 2.32. The van der Waals surface area contributed by atoms with Crippen LogP contribution in [0, 0.1) is 0 Å². The van der Waals surface area contributed by atoms with E-state index in [-0.39, 0.29) is 11.7 Å². The lowest BCUT2D eigenvalue weighted by atomic mass is 10.2. The monoisotopic (exact) mass is 216 g/mol. The van der Waals surface area contributed by atoms with Crippen molar-refractivity contribution in [2.24, 2.45) is 0 Å². The van der Waals surface area contributed by atoms with Gasteiger partial charge in [-0.05, 0) is 24.3 Å². The van der Waals surface area contributed by atoms with Crippen molar-refractivity contribution in [2.75, 3.05) is 12.3 Å². The van der Waals surface area contributed by atoms with Gasteiger partial charge in [-0.3, -0.25) is 4.79 Å². The predicted molar refractivity (Wildman–Crippen MR) is 63.2 cm³/mol. The molecule has 0 bridgehead atoms. The number of nitrogens with one attached hydrogen (secondary N) is 1. The highest BCUT2D eigenvalue weighted by atomic mass is 16.3. The normalized spacial score (nSPS) is 10.2. The van der Waals surface area contributed by atoms with Crippen LogP contribution in [0.1, 0.15) is 10.6 Å². The van der Waals surface area contributed by atoms with E-state index in [4.69, 9.17) is 10.2 Å². The van der Waals surface area contributed by atoms with Crippen molar-refractivity contribution in [3.05, 3.63) is 42.7 Å². The van der Waals surface area contributed by atoms with E-state index >= 15 is 0 Å². The molecule has 0 radical (unpaired) electrons. The van der Waals surface area contributed by atoms with Gasteiger partial charge in [-0.15, -0.1) is 6.58 Å². The first kappa shape index (κ1) is 10.3. The van der Waals surface area contributed by atoms with E-state index < -0.39 is 0 Å². The average molecular weight is 216 g/mol. The molecule has 0 aliphatic heterocycles. The Morgan fingerprint density at radius 2 is 2.31 bits per heavy atom. The zero-order valence-corrected chi connectivity index (χ0v) is 8.69. The lowest BCUT2D eigenvalue weighted by molar-refractivity contribution is 0.0932. The molecule has 4 nitrogen and oxygen atoms in total. The molecule has 2 rings (SSSR count). The average Bonchev–Trinajstić information content (AvgIpc) is 2.68. The maximum atomic E-state index is 11.6. The minimum absolute atomic E-state index is 0.255. The summed E-state index contributed by atoms with van der Waals surface area (Å²) in [5, 5.41) is 3.47. The maximum Gasteiger partial charge on any atom is 0.287 e. The van der Waals surface area contributed by atoms with Crippen LogP contribution in [-0.2, 0) is 0 Å². The minimum atomic E-state index is -0.255. The van der Waals surface area contributed by atoms with Crippen LogP contribution in [-0.4, -0.2) is 12.5 Å². The molecule has 82 valence electrons. The van der Waals surface area contributed by atoms with E-state index in [0.29, 0.717) is 17.8 Å². The third-order valence-electron chi connectivity index (χ3n) is 2.17. The van der Waals surface area contributed by atoms with E-state index in [1.54, 1.807) is 30.3 Å². The van der Waals surface area contributed by atoms with Crippen LogP contribution in [0.3, 0.4) is 0 Å². The molecule has 0 unspecified atom stereocenters. The molecule has 1 aromatic heterocycles. The van der Waals surface area contributed by atoms with Crippen molar-refractivity contribution in [3.8, 4) is 0 Å². The molecule has 0 saturated carbocycles. The number of nitrogens with two attached hydrogens (primary N) is 1. The Morgan fingerprint density at radius 1 is 1.50 bits per heavy atom. The second kappa shape index (κ2) is 4.10. The van der Waals surface area contributed by atoms with Gasteiger partial charge in [-0.2, -0.15) is 0 Å². The number of hydrogen-bond donors (Lipinski definition) is 2. The summed E-state index contributed by atoms with van der Waals surface area (Å²) >= 11 is 0. The highest BCUT2D eigenvalue weighted by molar-refractivity contribution is 5.96. The van der Waals surface area contributed by atoms with Crippen LogP contribution in [0.2, 0.25) is 0 Å². The molecule has 1 amide bonds. The van der Waals surface area contributed by atoms with Crippen molar-refractivity contribution in [1.29, 1.82) is 0 Å². The quantitative estimate of drug-likeness (QED) is 0.608. The van der Waals surface area contributed by atoms with Crippen molar-refractivity contribution in [1.82, 2.24) is 5.32 Å². The zero-order valence-electron chi connectivity index (χ0n) is 8.69. The molecule has 1 aromatic carbocycles. The third-order valence-corrected chi connectivity index (χ3v) is 2.17. The standard InChI is InChI=1S/C12H12N2O2/c1-2-5-14-12(15)11-7-8-6-9(13)3-4-10(8)16-11/h2-4,6-7H,1,5,13H2,(H,14,15). The highest BCUT2D eigenvalue weighted by Gasteiger charge is 2.10. The molecule has 0 aliphatic rings. The fraction of sp³-hybridized carbons (Fsp3) is 0.0833. The summed E-state index contributed by atoms with van der Waals surface area (Å²) in [6.45, 7) is 3.93. The lowest BCUT2D eigenvalue weighted by Gasteiger charge is -1.96. The van der Waals surface area contributed by atoms with E-state index in [1.807, 2.05) is 0 Å². The predicted octanol–water partition coefficient (Wildman–Crippen LogP) is 1.93.